The average Bonchev–Trinajstić information content (AvgIpc) is 1.67. The third-order valence-corrected chi connectivity index (χ3v) is 2.14. The van der Waals surface area contributed by atoms with Crippen molar-refractivity contribution in [2.45, 2.75) is 6.92 Å². The van der Waals surface area contributed by atoms with Crippen LogP contribution in [0.2, 0.25) is 0 Å². The molecule has 46 valence electrons. The van der Waals surface area contributed by atoms with Gasteiger partial charge in [0.1, 0.15) is 6.61 Å². The van der Waals surface area contributed by atoms with E-state index in [2.05, 4.69) is 29.4 Å². The third-order valence-electron chi connectivity index (χ3n) is 0.403. The molecule has 0 bridgehead atoms. The molecule has 0 aromatic rings. The molecule has 1 unspecified atom stereocenters. The van der Waals surface area contributed by atoms with E-state index in [-0.39, 0.29) is 3.94 Å². The molecule has 2 nitrogen and oxygen atoms in total. The van der Waals surface area contributed by atoms with Crippen LogP contribution in [-0.2, 0) is 9.09 Å². The average molecular weight is 169 g/mol. The maximum absolute atomic E-state index is 10.5. The van der Waals surface area contributed by atoms with Crippen LogP contribution >= 0.6 is 32.9 Å². The van der Waals surface area contributed by atoms with E-state index in [9.17, 15) is 4.57 Å². The summed E-state index contributed by atoms with van der Waals surface area (Å²) in [4.78, 5) is 0. The van der Waals surface area contributed by atoms with Gasteiger partial charge in [-0.3, -0.25) is 0 Å². The summed E-state index contributed by atoms with van der Waals surface area (Å²) < 4.78 is 15.2. The minimum absolute atomic E-state index is 0.127. The lowest BCUT2D eigenvalue weighted by atomic mass is 10.9. The SMILES string of the molecule is CCO[P+](=O)C(=S)S. The van der Waals surface area contributed by atoms with Gasteiger partial charge in [-0.1, -0.05) is 12.6 Å². The molecule has 0 amide bonds. The molecule has 0 aromatic carbocycles. The fraction of sp³-hybridized carbons (Fsp3) is 0.667. The molecule has 0 aliphatic carbocycles. The fourth-order valence-electron chi connectivity index (χ4n) is 0.172. The van der Waals surface area contributed by atoms with E-state index >= 15 is 0 Å². The number of hydrogen-bond acceptors (Lipinski definition) is 3. The fourth-order valence-corrected chi connectivity index (χ4v) is 0.849. The zero-order valence-corrected chi connectivity index (χ0v) is 6.93. The summed E-state index contributed by atoms with van der Waals surface area (Å²) in [6, 6.07) is 0. The zero-order chi connectivity index (χ0) is 6.57. The van der Waals surface area contributed by atoms with E-state index in [0.29, 0.717) is 6.61 Å². The maximum atomic E-state index is 10.5. The van der Waals surface area contributed by atoms with Crippen molar-refractivity contribution in [3.63, 3.8) is 0 Å². The van der Waals surface area contributed by atoms with E-state index in [4.69, 9.17) is 0 Å². The van der Waals surface area contributed by atoms with E-state index in [1.54, 1.807) is 6.92 Å². The van der Waals surface area contributed by atoms with Crippen molar-refractivity contribution >= 4 is 36.8 Å². The summed E-state index contributed by atoms with van der Waals surface area (Å²) in [6.07, 6.45) is 0. The van der Waals surface area contributed by atoms with Gasteiger partial charge in [-0.05, 0) is 23.7 Å². The van der Waals surface area contributed by atoms with Gasteiger partial charge in [-0.25, -0.2) is 0 Å². The van der Waals surface area contributed by atoms with Crippen molar-refractivity contribution in [3.05, 3.63) is 0 Å². The van der Waals surface area contributed by atoms with Gasteiger partial charge in [0, 0.05) is 0 Å². The first-order valence-corrected chi connectivity index (χ1v) is 4.05. The minimum atomic E-state index is -1.79. The number of thiol groups is 1. The first-order valence-electron chi connectivity index (χ1n) is 2.01. The summed E-state index contributed by atoms with van der Waals surface area (Å²) >= 11 is 8.09. The Bertz CT molecular complexity index is 114. The van der Waals surface area contributed by atoms with Gasteiger partial charge in [-0.15, -0.1) is 4.52 Å². The quantitative estimate of drug-likeness (QED) is 0.397. The molecule has 0 fully saturated rings. The van der Waals surface area contributed by atoms with E-state index < -0.39 is 8.03 Å². The predicted octanol–water partition coefficient (Wildman–Crippen LogP) is 1.98. The molecular formula is C3H6O2PS2+. The number of rotatable bonds is 3. The van der Waals surface area contributed by atoms with Gasteiger partial charge in [0.05, 0.1) is 0 Å². The topological polar surface area (TPSA) is 26.3 Å². The first-order chi connectivity index (χ1) is 3.68. The third kappa shape index (κ3) is 3.50. The standard InChI is InChI=1S/C3H5O2PS2/c1-2-5-6(4)3(7)8/h2H2,1H3/p+1. The highest BCUT2D eigenvalue weighted by Gasteiger charge is 2.20. The van der Waals surface area contributed by atoms with Crippen molar-refractivity contribution in [2.75, 3.05) is 6.61 Å². The van der Waals surface area contributed by atoms with Gasteiger partial charge < -0.3 is 0 Å². The summed E-state index contributed by atoms with van der Waals surface area (Å²) in [5.41, 5.74) is 0. The molecule has 0 saturated heterocycles. The lowest BCUT2D eigenvalue weighted by Crippen LogP contribution is -1.79. The predicted molar refractivity (Wildman–Crippen MR) is 40.8 cm³/mol. The van der Waals surface area contributed by atoms with Crippen LogP contribution in [0.5, 0.6) is 0 Å². The van der Waals surface area contributed by atoms with Gasteiger partial charge in [0.15, 0.2) is 0 Å². The molecule has 0 aromatic heterocycles. The highest BCUT2D eigenvalue weighted by Crippen LogP contribution is 2.25. The molecule has 0 spiro atoms. The summed E-state index contributed by atoms with van der Waals surface area (Å²) in [7, 11) is -1.79. The number of thiocarbonyl (C=S) groups is 1. The Labute approximate surface area is 59.9 Å². The van der Waals surface area contributed by atoms with Crippen LogP contribution in [0.25, 0.3) is 0 Å². The van der Waals surface area contributed by atoms with Crippen LogP contribution in [0.1, 0.15) is 6.92 Å². The van der Waals surface area contributed by atoms with Crippen molar-refractivity contribution in [1.82, 2.24) is 0 Å². The van der Waals surface area contributed by atoms with E-state index in [0.717, 1.165) is 0 Å². The molecule has 0 aliphatic rings. The minimum Gasteiger partial charge on any atom is -0.141 e. The lowest BCUT2D eigenvalue weighted by Gasteiger charge is -1.76. The molecule has 0 radical (unpaired) electrons. The molecular weight excluding hydrogens is 163 g/mol. The van der Waals surface area contributed by atoms with Crippen molar-refractivity contribution in [3.8, 4) is 0 Å². The van der Waals surface area contributed by atoms with Gasteiger partial charge in [0.2, 0.25) is 0 Å². The Morgan fingerprint density at radius 1 is 2.00 bits per heavy atom. The zero-order valence-electron chi connectivity index (χ0n) is 4.33. The smallest absolute Gasteiger partial charge is 0.141 e. The second kappa shape index (κ2) is 4.39. The monoisotopic (exact) mass is 169 g/mol. The second-order valence-electron chi connectivity index (χ2n) is 0.957. The number of hydrogen-bond donors (Lipinski definition) is 1. The van der Waals surface area contributed by atoms with Crippen molar-refractivity contribution in [2.24, 2.45) is 0 Å². The highest BCUT2D eigenvalue weighted by atomic mass is 32.1. The van der Waals surface area contributed by atoms with E-state index in [1.165, 1.54) is 0 Å². The molecule has 0 heterocycles. The van der Waals surface area contributed by atoms with Crippen molar-refractivity contribution in [1.29, 1.82) is 0 Å². The van der Waals surface area contributed by atoms with Crippen LogP contribution in [-0.4, -0.2) is 10.5 Å². The van der Waals surface area contributed by atoms with Gasteiger partial charge in [0.25, 0.3) is 0 Å². The lowest BCUT2D eigenvalue weighted by molar-refractivity contribution is 0.359. The Hall–Kier alpha value is 0.500. The summed E-state index contributed by atoms with van der Waals surface area (Å²) in [6.45, 7) is 2.16. The molecule has 0 N–H and O–H groups in total. The second-order valence-corrected chi connectivity index (χ2v) is 3.99. The van der Waals surface area contributed by atoms with Crippen LogP contribution in [0.15, 0.2) is 0 Å². The molecule has 5 heteroatoms. The Balaban J connectivity index is 3.49. The molecule has 0 rings (SSSR count). The molecule has 1 atom stereocenters. The van der Waals surface area contributed by atoms with Crippen LogP contribution < -0.4 is 0 Å². The Morgan fingerprint density at radius 2 is 2.50 bits per heavy atom. The maximum Gasteiger partial charge on any atom is 0.567 e. The molecule has 0 saturated carbocycles. The first kappa shape index (κ1) is 8.50. The Kier molecular flexibility index (Phi) is 4.66. The van der Waals surface area contributed by atoms with Crippen LogP contribution in [0.4, 0.5) is 0 Å². The Morgan fingerprint density at radius 3 is 2.62 bits per heavy atom. The highest BCUT2D eigenvalue weighted by molar-refractivity contribution is 8.24. The van der Waals surface area contributed by atoms with Crippen LogP contribution in [0, 0.1) is 0 Å². The van der Waals surface area contributed by atoms with Crippen LogP contribution in [0.3, 0.4) is 0 Å². The van der Waals surface area contributed by atoms with E-state index in [1.807, 2.05) is 0 Å². The normalized spacial score (nSPS) is 11.0. The van der Waals surface area contributed by atoms with Gasteiger partial charge >= 0.3 is 12.0 Å². The molecule has 0 aliphatic heterocycles. The summed E-state index contributed by atoms with van der Waals surface area (Å²) in [5.74, 6) is 0. The van der Waals surface area contributed by atoms with Gasteiger partial charge in [-0.2, -0.15) is 0 Å². The summed E-state index contributed by atoms with van der Waals surface area (Å²) in [5, 5.41) is 0. The largest absolute Gasteiger partial charge is 0.567 e. The molecule has 8 heavy (non-hydrogen) atoms. The van der Waals surface area contributed by atoms with Crippen molar-refractivity contribution < 1.29 is 9.09 Å².